The molecule has 94 valence electrons. The van der Waals surface area contributed by atoms with Crippen molar-refractivity contribution in [2.45, 2.75) is 40.4 Å². The average molecular weight is 245 g/mol. The van der Waals surface area contributed by atoms with E-state index in [9.17, 15) is 0 Å². The van der Waals surface area contributed by atoms with Gasteiger partial charge in [0, 0.05) is 9.60 Å². The molecular formula is C18H22. The topological polar surface area (TPSA) is 0 Å². The Kier molecular flexibility index (Phi) is 1.81. The normalized spacial score (nSPS) is 21.4. The van der Waals surface area contributed by atoms with Crippen LogP contribution in [0.15, 0.2) is 36.4 Å². The van der Waals surface area contributed by atoms with E-state index in [0.717, 1.165) is 22.3 Å². The number of rotatable bonds is 2. The molecular weight excluding hydrogens is 216 g/mol. The van der Waals surface area contributed by atoms with Gasteiger partial charge in [0.15, 0.2) is 0 Å². The Hall–Kier alpha value is -1.56. The first-order valence-corrected chi connectivity index (χ1v) is 5.98. The summed E-state index contributed by atoms with van der Waals surface area (Å²) in [4.78, 5) is 0. The van der Waals surface area contributed by atoms with E-state index >= 15 is 0 Å². The van der Waals surface area contributed by atoms with Gasteiger partial charge in [0.1, 0.15) is 0 Å². The Morgan fingerprint density at radius 3 is 2.22 bits per heavy atom. The molecule has 0 aliphatic rings. The summed E-state index contributed by atoms with van der Waals surface area (Å²) in [7, 11) is 0. The molecule has 0 aromatic heterocycles. The van der Waals surface area contributed by atoms with Crippen LogP contribution >= 0.6 is 0 Å². The predicted octanol–water partition coefficient (Wildman–Crippen LogP) is 5.40. The summed E-state index contributed by atoms with van der Waals surface area (Å²) in [5, 5.41) is 0. The maximum absolute atomic E-state index is 8.20. The summed E-state index contributed by atoms with van der Waals surface area (Å²) >= 11 is 0. The molecule has 0 N–H and O–H groups in total. The second kappa shape index (κ2) is 4.97. The van der Waals surface area contributed by atoms with Crippen molar-refractivity contribution in [3.8, 4) is 11.1 Å². The van der Waals surface area contributed by atoms with Gasteiger partial charge in [0.05, 0.1) is 0 Å². The maximum atomic E-state index is 8.20. The zero-order valence-electron chi connectivity index (χ0n) is 18.0. The van der Waals surface area contributed by atoms with Gasteiger partial charge in [0.2, 0.25) is 0 Å². The molecule has 0 aliphatic heterocycles. The first-order chi connectivity index (χ1) is 11.2. The fourth-order valence-electron chi connectivity index (χ4n) is 2.17. The summed E-state index contributed by atoms with van der Waals surface area (Å²) < 4.78 is 53.4. The van der Waals surface area contributed by atoms with Gasteiger partial charge in [-0.25, -0.2) is 0 Å². The summed E-state index contributed by atoms with van der Waals surface area (Å²) in [5.74, 6) is -1.68. The van der Waals surface area contributed by atoms with Crippen LogP contribution in [-0.2, 0) is 0 Å². The fourth-order valence-corrected chi connectivity index (χ4v) is 2.17. The average Bonchev–Trinajstić information content (AvgIpc) is 2.45. The van der Waals surface area contributed by atoms with Crippen molar-refractivity contribution in [3.63, 3.8) is 0 Å². The van der Waals surface area contributed by atoms with Crippen molar-refractivity contribution in [2.24, 2.45) is 0 Å². The molecule has 0 aliphatic carbocycles. The summed E-state index contributed by atoms with van der Waals surface area (Å²) in [6.45, 7) is 0.554. The minimum Gasteiger partial charge on any atom is -0.0587 e. The molecule has 2 aromatic carbocycles. The molecule has 0 heteroatoms. The van der Waals surface area contributed by atoms with Crippen molar-refractivity contribution in [3.05, 3.63) is 58.7 Å². The predicted molar refractivity (Wildman–Crippen MR) is 80.2 cm³/mol. The summed E-state index contributed by atoms with van der Waals surface area (Å²) in [5.41, 5.74) is 4.23. The van der Waals surface area contributed by atoms with Crippen LogP contribution in [0.25, 0.3) is 11.1 Å². The highest BCUT2D eigenvalue weighted by Crippen LogP contribution is 2.29. The highest BCUT2D eigenvalue weighted by molar-refractivity contribution is 5.71. The van der Waals surface area contributed by atoms with Crippen LogP contribution < -0.4 is 0 Å². The van der Waals surface area contributed by atoms with E-state index < -0.39 is 19.6 Å². The van der Waals surface area contributed by atoms with Crippen LogP contribution in [0.4, 0.5) is 0 Å². The largest absolute Gasteiger partial charge is 0.0587 e. The van der Waals surface area contributed by atoms with Crippen LogP contribution in [0.1, 0.15) is 51.5 Å². The Morgan fingerprint density at radius 2 is 1.67 bits per heavy atom. The number of hydrogen-bond acceptors (Lipinski definition) is 0. The Morgan fingerprint density at radius 1 is 1.00 bits per heavy atom. The molecule has 0 saturated carbocycles. The number of aryl methyl sites for hydroxylation is 3. The Labute approximate surface area is 121 Å². The van der Waals surface area contributed by atoms with Gasteiger partial charge >= 0.3 is 0 Å². The third kappa shape index (κ3) is 2.48. The Bertz CT molecular complexity index is 783. The van der Waals surface area contributed by atoms with Crippen molar-refractivity contribution in [1.82, 2.24) is 0 Å². The lowest BCUT2D eigenvalue weighted by Crippen LogP contribution is -1.92. The van der Waals surface area contributed by atoms with Crippen LogP contribution in [-0.4, -0.2) is 0 Å². The molecule has 0 spiro atoms. The second-order valence-electron chi connectivity index (χ2n) is 4.68. The van der Waals surface area contributed by atoms with E-state index in [4.69, 9.17) is 9.60 Å². The molecule has 18 heavy (non-hydrogen) atoms. The molecule has 0 saturated heterocycles. The number of benzene rings is 2. The molecule has 0 fully saturated rings. The third-order valence-electron chi connectivity index (χ3n) is 3.18. The van der Waals surface area contributed by atoms with Crippen LogP contribution in [0, 0.1) is 20.7 Å². The summed E-state index contributed by atoms with van der Waals surface area (Å²) in [6.07, 6.45) is 0. The molecule has 1 atom stereocenters. The van der Waals surface area contributed by atoms with Crippen LogP contribution in [0.3, 0.4) is 0 Å². The molecule has 0 heterocycles. The van der Waals surface area contributed by atoms with Crippen LogP contribution in [0.5, 0.6) is 0 Å². The van der Waals surface area contributed by atoms with Crippen LogP contribution in [0.2, 0.25) is 0 Å². The van der Waals surface area contributed by atoms with E-state index in [0.29, 0.717) is 11.1 Å². The van der Waals surface area contributed by atoms with Crippen molar-refractivity contribution in [1.29, 1.82) is 0 Å². The third-order valence-corrected chi connectivity index (χ3v) is 3.18. The van der Waals surface area contributed by atoms with Gasteiger partial charge in [-0.2, -0.15) is 0 Å². The van der Waals surface area contributed by atoms with E-state index in [2.05, 4.69) is 0 Å². The zero-order chi connectivity index (χ0) is 19.2. The van der Waals surface area contributed by atoms with E-state index in [1.54, 1.807) is 36.4 Å². The van der Waals surface area contributed by atoms with E-state index in [1.165, 1.54) is 6.92 Å². The van der Waals surface area contributed by atoms with Gasteiger partial charge < -0.3 is 0 Å². The van der Waals surface area contributed by atoms with E-state index in [-0.39, 0.29) is 0 Å². The lowest BCUT2D eigenvalue weighted by atomic mass is 9.92. The van der Waals surface area contributed by atoms with Gasteiger partial charge in [-0.1, -0.05) is 55.7 Å². The molecule has 0 radical (unpaired) electrons. The minimum absolute atomic E-state index is 0.296. The van der Waals surface area contributed by atoms with Gasteiger partial charge in [-0.3, -0.25) is 0 Å². The smallest absolute Gasteiger partial charge is 0.0347 e. The van der Waals surface area contributed by atoms with Gasteiger partial charge in [0.25, 0.3) is 0 Å². The molecule has 2 aromatic rings. The van der Waals surface area contributed by atoms with E-state index in [1.807, 2.05) is 13.8 Å². The molecule has 1 unspecified atom stereocenters. The number of hydrogen-bond donors (Lipinski definition) is 0. The fraction of sp³-hybridized carbons (Fsp3) is 0.333. The molecule has 2 rings (SSSR count). The van der Waals surface area contributed by atoms with Gasteiger partial charge in [-0.15, -0.1) is 0 Å². The standard InChI is InChI=1S/C18H22/c1-12(2)16-7-9-18(15(5)11-16)17-8-6-13(3)10-14(17)4/h6-12H,1-5H3/i1D3,3D3,12D. The lowest BCUT2D eigenvalue weighted by Gasteiger charge is -2.13. The first kappa shape index (κ1) is 6.56. The van der Waals surface area contributed by atoms with Crippen molar-refractivity contribution < 1.29 is 9.60 Å². The first-order valence-electron chi connectivity index (χ1n) is 9.48. The van der Waals surface area contributed by atoms with Crippen molar-refractivity contribution >= 4 is 0 Å². The molecule has 0 bridgehead atoms. The second-order valence-corrected chi connectivity index (χ2v) is 4.68. The van der Waals surface area contributed by atoms with Gasteiger partial charge in [-0.05, 0) is 54.4 Å². The minimum atomic E-state index is -2.42. The highest BCUT2D eigenvalue weighted by atomic mass is 14.1. The summed E-state index contributed by atoms with van der Waals surface area (Å²) in [6, 6.07) is 10.2. The van der Waals surface area contributed by atoms with Crippen molar-refractivity contribution in [2.75, 3.05) is 0 Å². The highest BCUT2D eigenvalue weighted by Gasteiger charge is 2.07. The lowest BCUT2D eigenvalue weighted by molar-refractivity contribution is 0.865. The molecule has 0 nitrogen and oxygen atoms in total. The zero-order valence-corrected chi connectivity index (χ0v) is 11.0. The monoisotopic (exact) mass is 245 g/mol. The maximum Gasteiger partial charge on any atom is 0.0347 e. The molecule has 0 amide bonds. The SMILES string of the molecule is [2H]C([2H])([2H])c1ccc(-c2ccc(C([2H])(C)C([2H])([2H])[2H])cc2C)c(C)c1. The Balaban J connectivity index is 2.50. The quantitative estimate of drug-likeness (QED) is 0.664.